The van der Waals surface area contributed by atoms with Crippen LogP contribution in [0.25, 0.3) is 0 Å². The highest BCUT2D eigenvalue weighted by Gasteiger charge is 2.21. The van der Waals surface area contributed by atoms with Crippen molar-refractivity contribution in [2.45, 2.75) is 25.8 Å². The van der Waals surface area contributed by atoms with Gasteiger partial charge >= 0.3 is 0 Å². The van der Waals surface area contributed by atoms with E-state index in [-0.39, 0.29) is 17.9 Å². The molecule has 2 amide bonds. The molecule has 1 aromatic heterocycles. The third-order valence-corrected chi connectivity index (χ3v) is 5.30. The molecule has 1 fully saturated rings. The number of halogens is 1. The number of rotatable bonds is 4. The van der Waals surface area contributed by atoms with Crippen LogP contribution in [0.15, 0.2) is 36.4 Å². The highest BCUT2D eigenvalue weighted by atomic mass is 35.5. The Morgan fingerprint density at radius 1 is 1.26 bits per heavy atom. The maximum Gasteiger partial charge on any atom is 0.251 e. The van der Waals surface area contributed by atoms with E-state index in [9.17, 15) is 9.59 Å². The maximum atomic E-state index is 12.3. The molecule has 1 saturated heterocycles. The summed E-state index contributed by atoms with van der Waals surface area (Å²) in [5.74, 6) is 0.00622. The molecule has 0 bridgehead atoms. The molecular formula is C17H17ClN2O2S. The fourth-order valence-electron chi connectivity index (χ4n) is 2.63. The molecule has 0 aliphatic carbocycles. The summed E-state index contributed by atoms with van der Waals surface area (Å²) in [5.41, 5.74) is 1.43. The minimum atomic E-state index is -0.138. The zero-order valence-corrected chi connectivity index (χ0v) is 14.3. The molecule has 1 atom stereocenters. The van der Waals surface area contributed by atoms with Gasteiger partial charge in [0.15, 0.2) is 0 Å². The predicted octanol–water partition coefficient (Wildman–Crippen LogP) is 4.02. The number of hydrogen-bond acceptors (Lipinski definition) is 3. The van der Waals surface area contributed by atoms with Gasteiger partial charge in [-0.1, -0.05) is 11.6 Å². The van der Waals surface area contributed by atoms with Gasteiger partial charge in [-0.15, -0.1) is 11.3 Å². The second-order valence-corrected chi connectivity index (χ2v) is 7.28. The molecule has 1 aliphatic heterocycles. The largest absolute Gasteiger partial charge is 0.345 e. The van der Waals surface area contributed by atoms with Crippen LogP contribution in [0, 0.1) is 0 Å². The summed E-state index contributed by atoms with van der Waals surface area (Å²) in [6.07, 6.45) is 1.49. The Balaban J connectivity index is 1.67. The molecule has 1 N–H and O–H groups in total. The highest BCUT2D eigenvalue weighted by molar-refractivity contribution is 7.16. The van der Waals surface area contributed by atoms with E-state index in [1.165, 1.54) is 11.3 Å². The standard InChI is InChI=1S/C17H17ClN2O2S/c1-11(14-8-9-15(18)23-14)19-17(22)12-4-6-13(7-5-12)20-10-2-3-16(20)21/h4-9,11H,2-3,10H2,1H3,(H,19,22). The minimum Gasteiger partial charge on any atom is -0.345 e. The van der Waals surface area contributed by atoms with Gasteiger partial charge in [-0.3, -0.25) is 9.59 Å². The average Bonchev–Trinajstić information content (AvgIpc) is 3.16. The van der Waals surface area contributed by atoms with Crippen LogP contribution in [0.2, 0.25) is 4.34 Å². The van der Waals surface area contributed by atoms with Crippen molar-refractivity contribution in [1.82, 2.24) is 5.32 Å². The average molecular weight is 349 g/mol. The molecule has 0 spiro atoms. The molecule has 1 unspecified atom stereocenters. The van der Waals surface area contributed by atoms with Gasteiger partial charge in [0.25, 0.3) is 5.91 Å². The molecule has 120 valence electrons. The second kappa shape index (κ2) is 6.72. The Bertz CT molecular complexity index is 726. The molecular weight excluding hydrogens is 332 g/mol. The number of thiophene rings is 1. The quantitative estimate of drug-likeness (QED) is 0.907. The van der Waals surface area contributed by atoms with Crippen molar-refractivity contribution in [3.8, 4) is 0 Å². The first-order chi connectivity index (χ1) is 11.0. The van der Waals surface area contributed by atoms with Crippen molar-refractivity contribution in [3.05, 3.63) is 51.2 Å². The van der Waals surface area contributed by atoms with Crippen molar-refractivity contribution in [2.24, 2.45) is 0 Å². The van der Waals surface area contributed by atoms with Crippen molar-refractivity contribution in [3.63, 3.8) is 0 Å². The number of anilines is 1. The van der Waals surface area contributed by atoms with Crippen LogP contribution < -0.4 is 10.2 Å². The molecule has 23 heavy (non-hydrogen) atoms. The Hall–Kier alpha value is -1.85. The summed E-state index contributed by atoms with van der Waals surface area (Å²) in [5, 5.41) is 2.96. The molecule has 6 heteroatoms. The Kier molecular flexibility index (Phi) is 4.68. The second-order valence-electron chi connectivity index (χ2n) is 5.53. The lowest BCUT2D eigenvalue weighted by atomic mass is 10.1. The normalized spacial score (nSPS) is 15.7. The Morgan fingerprint density at radius 3 is 2.57 bits per heavy atom. The topological polar surface area (TPSA) is 49.4 Å². The fourth-order valence-corrected chi connectivity index (χ4v) is 3.69. The van der Waals surface area contributed by atoms with Crippen LogP contribution in [-0.4, -0.2) is 18.4 Å². The van der Waals surface area contributed by atoms with Crippen LogP contribution in [-0.2, 0) is 4.79 Å². The lowest BCUT2D eigenvalue weighted by molar-refractivity contribution is -0.117. The number of amides is 2. The molecule has 3 rings (SSSR count). The number of carbonyl (C=O) groups is 2. The Morgan fingerprint density at radius 2 is 2.00 bits per heavy atom. The monoisotopic (exact) mass is 348 g/mol. The molecule has 4 nitrogen and oxygen atoms in total. The first kappa shape index (κ1) is 16.0. The first-order valence-corrected chi connectivity index (χ1v) is 8.70. The highest BCUT2D eigenvalue weighted by Crippen LogP contribution is 2.27. The molecule has 2 aromatic rings. The Labute approximate surface area is 144 Å². The summed E-state index contributed by atoms with van der Waals surface area (Å²) >= 11 is 7.38. The first-order valence-electron chi connectivity index (χ1n) is 7.51. The van der Waals surface area contributed by atoms with Crippen LogP contribution >= 0.6 is 22.9 Å². The van der Waals surface area contributed by atoms with Crippen molar-refractivity contribution < 1.29 is 9.59 Å². The van der Waals surface area contributed by atoms with Crippen molar-refractivity contribution in [1.29, 1.82) is 0 Å². The van der Waals surface area contributed by atoms with Gasteiger partial charge in [0.1, 0.15) is 0 Å². The van der Waals surface area contributed by atoms with E-state index in [4.69, 9.17) is 11.6 Å². The lowest BCUT2D eigenvalue weighted by Gasteiger charge is -2.16. The van der Waals surface area contributed by atoms with E-state index in [1.807, 2.05) is 31.2 Å². The zero-order chi connectivity index (χ0) is 16.4. The van der Waals surface area contributed by atoms with E-state index in [2.05, 4.69) is 5.32 Å². The zero-order valence-electron chi connectivity index (χ0n) is 12.7. The summed E-state index contributed by atoms with van der Waals surface area (Å²) < 4.78 is 0.709. The number of nitrogens with one attached hydrogen (secondary N) is 1. The van der Waals surface area contributed by atoms with E-state index < -0.39 is 0 Å². The van der Waals surface area contributed by atoms with Crippen LogP contribution in [0.3, 0.4) is 0 Å². The van der Waals surface area contributed by atoms with E-state index in [1.54, 1.807) is 17.0 Å². The molecule has 0 radical (unpaired) electrons. The third-order valence-electron chi connectivity index (χ3n) is 3.88. The molecule has 1 aromatic carbocycles. The summed E-state index contributed by atoms with van der Waals surface area (Å²) in [7, 11) is 0. The van der Waals surface area contributed by atoms with Crippen molar-refractivity contribution >= 4 is 40.4 Å². The van der Waals surface area contributed by atoms with E-state index in [0.29, 0.717) is 16.3 Å². The van der Waals surface area contributed by atoms with Crippen LogP contribution in [0.4, 0.5) is 5.69 Å². The van der Waals surface area contributed by atoms with Crippen molar-refractivity contribution in [2.75, 3.05) is 11.4 Å². The fraction of sp³-hybridized carbons (Fsp3) is 0.294. The molecule has 0 saturated carbocycles. The van der Waals surface area contributed by atoms with Gasteiger partial charge in [0.05, 0.1) is 10.4 Å². The molecule has 2 heterocycles. The number of nitrogens with zero attached hydrogens (tertiary/aromatic N) is 1. The van der Waals surface area contributed by atoms with Crippen LogP contribution in [0.1, 0.15) is 41.0 Å². The van der Waals surface area contributed by atoms with Gasteiger partial charge in [0, 0.05) is 29.1 Å². The van der Waals surface area contributed by atoms with Gasteiger partial charge in [-0.05, 0) is 49.7 Å². The van der Waals surface area contributed by atoms with Gasteiger partial charge < -0.3 is 10.2 Å². The summed E-state index contributed by atoms with van der Waals surface area (Å²) in [4.78, 5) is 26.8. The summed E-state index contributed by atoms with van der Waals surface area (Å²) in [6.45, 7) is 2.68. The minimum absolute atomic E-state index is 0.0974. The summed E-state index contributed by atoms with van der Waals surface area (Å²) in [6, 6.07) is 10.8. The SMILES string of the molecule is CC(NC(=O)c1ccc(N2CCCC2=O)cc1)c1ccc(Cl)s1. The lowest BCUT2D eigenvalue weighted by Crippen LogP contribution is -2.26. The van der Waals surface area contributed by atoms with Gasteiger partial charge in [-0.2, -0.15) is 0 Å². The molecule has 1 aliphatic rings. The maximum absolute atomic E-state index is 12.3. The van der Waals surface area contributed by atoms with E-state index >= 15 is 0 Å². The number of benzene rings is 1. The predicted molar refractivity (Wildman–Crippen MR) is 93.2 cm³/mol. The van der Waals surface area contributed by atoms with Gasteiger partial charge in [-0.25, -0.2) is 0 Å². The van der Waals surface area contributed by atoms with E-state index in [0.717, 1.165) is 23.5 Å². The number of hydrogen-bond donors (Lipinski definition) is 1. The third kappa shape index (κ3) is 3.57. The number of carbonyl (C=O) groups excluding carboxylic acids is 2. The smallest absolute Gasteiger partial charge is 0.251 e. The van der Waals surface area contributed by atoms with Gasteiger partial charge in [0.2, 0.25) is 5.91 Å². The van der Waals surface area contributed by atoms with Crippen LogP contribution in [0.5, 0.6) is 0 Å².